The summed E-state index contributed by atoms with van der Waals surface area (Å²) < 4.78 is 10.4. The molecule has 2 aromatic rings. The van der Waals surface area contributed by atoms with Crippen LogP contribution in [0.1, 0.15) is 17.3 Å². The van der Waals surface area contributed by atoms with E-state index in [1.807, 2.05) is 6.92 Å². The zero-order valence-corrected chi connectivity index (χ0v) is 15.7. The number of nitrogens with zero attached hydrogens (tertiary/aromatic N) is 1. The van der Waals surface area contributed by atoms with Crippen molar-refractivity contribution in [3.63, 3.8) is 0 Å². The molecular weight excluding hydrogens is 374 g/mol. The summed E-state index contributed by atoms with van der Waals surface area (Å²) in [7, 11) is 1.54. The number of nitro groups is 1. The summed E-state index contributed by atoms with van der Waals surface area (Å²) in [5, 5.41) is 17.4. The smallest absolute Gasteiger partial charge is 0.293 e. The van der Waals surface area contributed by atoms with Crippen molar-refractivity contribution in [2.24, 2.45) is 0 Å². The van der Waals surface area contributed by atoms with Gasteiger partial charge in [0.05, 0.1) is 23.8 Å². The number of amides is 1. The van der Waals surface area contributed by atoms with Gasteiger partial charge >= 0.3 is 0 Å². The third-order valence-corrected chi connectivity index (χ3v) is 3.80. The Balaban J connectivity index is 2.25. The van der Waals surface area contributed by atoms with Crippen LogP contribution in [0.4, 0.5) is 17.1 Å². The van der Waals surface area contributed by atoms with Crippen LogP contribution in [0.5, 0.6) is 5.75 Å². The van der Waals surface area contributed by atoms with Crippen molar-refractivity contribution in [1.29, 1.82) is 0 Å². The molecule has 9 heteroatoms. The first-order chi connectivity index (χ1) is 13.0. The average molecular weight is 394 g/mol. The largest absolute Gasteiger partial charge is 0.492 e. The standard InChI is InChI=1S/C18H20ClN3O5/c1-3-27-17-7-5-13(19)11-15(17)21-18(23)12-4-6-14(20-8-9-26-2)16(10-12)22(24)25/h4-7,10-11,20H,3,8-9H2,1-2H3,(H,21,23). The summed E-state index contributed by atoms with van der Waals surface area (Å²) in [5.41, 5.74) is 0.641. The third-order valence-electron chi connectivity index (χ3n) is 3.57. The normalized spacial score (nSPS) is 10.3. The Morgan fingerprint density at radius 2 is 2.00 bits per heavy atom. The predicted molar refractivity (Wildman–Crippen MR) is 104 cm³/mol. The van der Waals surface area contributed by atoms with Crippen molar-refractivity contribution in [3.8, 4) is 5.75 Å². The van der Waals surface area contributed by atoms with Crippen molar-refractivity contribution < 1.29 is 19.2 Å². The molecule has 0 saturated carbocycles. The fourth-order valence-corrected chi connectivity index (χ4v) is 2.51. The molecule has 0 atom stereocenters. The maximum atomic E-state index is 12.6. The van der Waals surface area contributed by atoms with Gasteiger partial charge in [0.1, 0.15) is 11.4 Å². The van der Waals surface area contributed by atoms with Crippen LogP contribution < -0.4 is 15.4 Å². The highest BCUT2D eigenvalue weighted by Crippen LogP contribution is 2.30. The van der Waals surface area contributed by atoms with E-state index in [1.165, 1.54) is 25.3 Å². The zero-order chi connectivity index (χ0) is 19.8. The Hall–Kier alpha value is -2.84. The third kappa shape index (κ3) is 5.57. The number of carbonyl (C=O) groups is 1. The lowest BCUT2D eigenvalue weighted by Gasteiger charge is -2.12. The lowest BCUT2D eigenvalue weighted by atomic mass is 10.1. The molecule has 2 aromatic carbocycles. The fraction of sp³-hybridized carbons (Fsp3) is 0.278. The maximum Gasteiger partial charge on any atom is 0.293 e. The molecule has 0 aliphatic heterocycles. The molecule has 0 fully saturated rings. The maximum absolute atomic E-state index is 12.6. The first kappa shape index (κ1) is 20.5. The molecule has 0 saturated heterocycles. The molecule has 144 valence electrons. The molecule has 8 nitrogen and oxygen atoms in total. The van der Waals surface area contributed by atoms with Gasteiger partial charge in [0.25, 0.3) is 11.6 Å². The molecule has 2 rings (SSSR count). The summed E-state index contributed by atoms with van der Waals surface area (Å²) in [6.45, 7) is 3.04. The van der Waals surface area contributed by atoms with Gasteiger partial charge in [0.2, 0.25) is 0 Å². The first-order valence-corrected chi connectivity index (χ1v) is 8.59. The monoisotopic (exact) mass is 393 g/mol. The molecular formula is C18H20ClN3O5. The van der Waals surface area contributed by atoms with Crippen LogP contribution in [-0.2, 0) is 4.74 Å². The van der Waals surface area contributed by atoms with Gasteiger partial charge in [-0.15, -0.1) is 0 Å². The number of nitrogens with one attached hydrogen (secondary N) is 2. The van der Waals surface area contributed by atoms with Crippen molar-refractivity contribution in [3.05, 3.63) is 57.1 Å². The number of anilines is 2. The van der Waals surface area contributed by atoms with Crippen molar-refractivity contribution >= 4 is 34.6 Å². The quantitative estimate of drug-likeness (QED) is 0.380. The van der Waals surface area contributed by atoms with Crippen LogP contribution in [-0.4, -0.2) is 37.7 Å². The Labute approximate surface area is 161 Å². The molecule has 0 heterocycles. The minimum atomic E-state index is -0.545. The number of benzene rings is 2. The molecule has 0 radical (unpaired) electrons. The number of nitro benzene ring substituents is 1. The highest BCUT2D eigenvalue weighted by Gasteiger charge is 2.18. The van der Waals surface area contributed by atoms with Crippen LogP contribution >= 0.6 is 11.6 Å². The van der Waals surface area contributed by atoms with E-state index in [9.17, 15) is 14.9 Å². The topological polar surface area (TPSA) is 103 Å². The Kier molecular flexibility index (Phi) is 7.39. The molecule has 0 bridgehead atoms. The van der Waals surface area contributed by atoms with Crippen molar-refractivity contribution in [1.82, 2.24) is 0 Å². The second-order valence-corrected chi connectivity index (χ2v) is 5.87. The van der Waals surface area contributed by atoms with Gasteiger partial charge in [0.15, 0.2) is 0 Å². The van der Waals surface area contributed by atoms with Gasteiger partial charge in [-0.2, -0.15) is 0 Å². The van der Waals surface area contributed by atoms with Gasteiger partial charge in [0, 0.05) is 30.3 Å². The molecule has 0 aromatic heterocycles. The molecule has 0 unspecified atom stereocenters. The molecule has 0 spiro atoms. The minimum absolute atomic E-state index is 0.140. The summed E-state index contributed by atoms with van der Waals surface area (Å²) in [6.07, 6.45) is 0. The van der Waals surface area contributed by atoms with E-state index in [-0.39, 0.29) is 11.3 Å². The predicted octanol–water partition coefficient (Wildman–Crippen LogP) is 3.96. The summed E-state index contributed by atoms with van der Waals surface area (Å²) >= 11 is 5.98. The van der Waals surface area contributed by atoms with Crippen LogP contribution in [0.2, 0.25) is 5.02 Å². The fourth-order valence-electron chi connectivity index (χ4n) is 2.34. The Morgan fingerprint density at radius 1 is 1.22 bits per heavy atom. The van der Waals surface area contributed by atoms with Gasteiger partial charge in [-0.3, -0.25) is 14.9 Å². The first-order valence-electron chi connectivity index (χ1n) is 8.21. The second kappa shape index (κ2) is 9.75. The molecule has 2 N–H and O–H groups in total. The molecule has 1 amide bonds. The van der Waals surface area contributed by atoms with Crippen molar-refractivity contribution in [2.75, 3.05) is 37.5 Å². The number of rotatable bonds is 9. The van der Waals surface area contributed by atoms with E-state index in [2.05, 4.69) is 10.6 Å². The number of halogens is 1. The number of methoxy groups -OCH3 is 1. The SMILES string of the molecule is CCOc1ccc(Cl)cc1NC(=O)c1ccc(NCCOC)c([N+](=O)[O-])c1. The summed E-state index contributed by atoms with van der Waals surface area (Å²) in [5.74, 6) is -0.0487. The number of hydrogen-bond donors (Lipinski definition) is 2. The molecule has 27 heavy (non-hydrogen) atoms. The van der Waals surface area contributed by atoms with E-state index in [0.29, 0.717) is 41.9 Å². The van der Waals surface area contributed by atoms with E-state index in [4.69, 9.17) is 21.1 Å². The van der Waals surface area contributed by atoms with Gasteiger partial charge in [-0.25, -0.2) is 0 Å². The molecule has 0 aliphatic rings. The lowest BCUT2D eigenvalue weighted by Crippen LogP contribution is -2.14. The van der Waals surface area contributed by atoms with Gasteiger partial charge < -0.3 is 20.1 Å². The van der Waals surface area contributed by atoms with Crippen molar-refractivity contribution in [2.45, 2.75) is 6.92 Å². The minimum Gasteiger partial charge on any atom is -0.492 e. The van der Waals surface area contributed by atoms with Gasteiger partial charge in [-0.05, 0) is 37.3 Å². The lowest BCUT2D eigenvalue weighted by molar-refractivity contribution is -0.384. The van der Waals surface area contributed by atoms with Crippen LogP contribution in [0.3, 0.4) is 0 Å². The van der Waals surface area contributed by atoms with Crippen LogP contribution in [0, 0.1) is 10.1 Å². The summed E-state index contributed by atoms with van der Waals surface area (Å²) in [6, 6.07) is 9.06. The molecule has 0 aliphatic carbocycles. The number of ether oxygens (including phenoxy) is 2. The summed E-state index contributed by atoms with van der Waals surface area (Å²) in [4.78, 5) is 23.3. The highest BCUT2D eigenvalue weighted by molar-refractivity contribution is 6.31. The second-order valence-electron chi connectivity index (χ2n) is 5.44. The van der Waals surface area contributed by atoms with Crippen LogP contribution in [0.15, 0.2) is 36.4 Å². The number of carbonyl (C=O) groups excluding carboxylic acids is 1. The Morgan fingerprint density at radius 3 is 2.67 bits per heavy atom. The van der Waals surface area contributed by atoms with Gasteiger partial charge in [-0.1, -0.05) is 11.6 Å². The Bertz CT molecular complexity index is 829. The van der Waals surface area contributed by atoms with E-state index >= 15 is 0 Å². The van der Waals surface area contributed by atoms with E-state index < -0.39 is 10.8 Å². The van der Waals surface area contributed by atoms with E-state index in [1.54, 1.807) is 18.2 Å². The highest BCUT2D eigenvalue weighted by atomic mass is 35.5. The average Bonchev–Trinajstić information content (AvgIpc) is 2.64. The van der Waals surface area contributed by atoms with E-state index in [0.717, 1.165) is 0 Å². The van der Waals surface area contributed by atoms with Crippen LogP contribution in [0.25, 0.3) is 0 Å². The number of hydrogen-bond acceptors (Lipinski definition) is 6. The zero-order valence-electron chi connectivity index (χ0n) is 15.0.